The summed E-state index contributed by atoms with van der Waals surface area (Å²) >= 11 is 0. The van der Waals surface area contributed by atoms with Crippen LogP contribution in [0.3, 0.4) is 0 Å². The van der Waals surface area contributed by atoms with Gasteiger partial charge in [-0.25, -0.2) is 0 Å². The van der Waals surface area contributed by atoms with Crippen LogP contribution in [0, 0.1) is 34.5 Å². The van der Waals surface area contributed by atoms with Gasteiger partial charge in [0.05, 0.1) is 5.60 Å². The highest BCUT2D eigenvalue weighted by Gasteiger charge is 2.65. The first-order valence-electron chi connectivity index (χ1n) is 12.4. The predicted octanol–water partition coefficient (Wildman–Crippen LogP) is 7.30. The average Bonchev–Trinajstić information content (AvgIpc) is 3.26. The number of unbranched alkanes of at least 4 members (excludes halogenated alkanes) is 1. The van der Waals surface area contributed by atoms with Gasteiger partial charge in [0.2, 0.25) is 0 Å². The molecule has 5 rings (SSSR count). The molecule has 4 fully saturated rings. The van der Waals surface area contributed by atoms with Gasteiger partial charge in [-0.05, 0) is 98.7 Å². The lowest BCUT2D eigenvalue weighted by molar-refractivity contribution is -0.132. The third-order valence-corrected chi connectivity index (χ3v) is 10.6. The largest absolute Gasteiger partial charge is 0.374 e. The number of hydrogen-bond donors (Lipinski definition) is 0. The van der Waals surface area contributed by atoms with Crippen molar-refractivity contribution in [2.45, 2.75) is 110 Å². The highest BCUT2D eigenvalue weighted by molar-refractivity contribution is 5.26. The summed E-state index contributed by atoms with van der Waals surface area (Å²) < 4.78 is 6.52. The van der Waals surface area contributed by atoms with Gasteiger partial charge in [0, 0.05) is 6.61 Å². The summed E-state index contributed by atoms with van der Waals surface area (Å²) in [6.07, 6.45) is 21.1. The minimum Gasteiger partial charge on any atom is -0.374 e. The Hall–Kier alpha value is -0.300. The number of allylic oxidation sites excluding steroid dienone is 2. The van der Waals surface area contributed by atoms with Gasteiger partial charge < -0.3 is 4.74 Å². The Morgan fingerprint density at radius 1 is 1.04 bits per heavy atom. The van der Waals surface area contributed by atoms with E-state index in [1.54, 1.807) is 0 Å². The number of fused-ring (bicyclic) bond motifs is 6. The minimum atomic E-state index is 0.255. The Morgan fingerprint density at radius 3 is 2.67 bits per heavy atom. The molecule has 1 saturated heterocycles. The third-order valence-electron chi connectivity index (χ3n) is 10.6. The van der Waals surface area contributed by atoms with Crippen LogP contribution in [0.2, 0.25) is 0 Å². The molecule has 1 nitrogen and oxygen atoms in total. The molecule has 152 valence electrons. The van der Waals surface area contributed by atoms with Crippen molar-refractivity contribution in [3.63, 3.8) is 0 Å². The second kappa shape index (κ2) is 6.61. The molecule has 3 saturated carbocycles. The molecule has 1 heteroatoms. The molecule has 5 unspecified atom stereocenters. The highest BCUT2D eigenvalue weighted by atomic mass is 16.5. The normalized spacial score (nSPS) is 51.6. The molecule has 4 aliphatic carbocycles. The van der Waals surface area contributed by atoms with Crippen molar-refractivity contribution in [1.29, 1.82) is 0 Å². The maximum atomic E-state index is 6.52. The molecule has 7 atom stereocenters. The van der Waals surface area contributed by atoms with Crippen LogP contribution in [0.4, 0.5) is 0 Å². The molecule has 0 aromatic carbocycles. The zero-order chi connectivity index (χ0) is 18.7. The molecule has 0 bridgehead atoms. The number of ether oxygens (including phenoxy) is 1. The van der Waals surface area contributed by atoms with Crippen molar-refractivity contribution in [3.8, 4) is 0 Å². The first-order chi connectivity index (χ1) is 13.0. The quantitative estimate of drug-likeness (QED) is 0.473. The summed E-state index contributed by atoms with van der Waals surface area (Å²) in [6.45, 7) is 8.68. The van der Waals surface area contributed by atoms with Crippen LogP contribution in [-0.4, -0.2) is 12.2 Å². The molecule has 1 spiro atoms. The lowest BCUT2D eigenvalue weighted by atomic mass is 9.46. The SMILES string of the molecule is CCCCC1CCC2(C)C(=CCC3[C@@H]2CCC2(C)[C@H]3CCC23CCCO3)C1. The summed E-state index contributed by atoms with van der Waals surface area (Å²) in [7, 11) is 0. The van der Waals surface area contributed by atoms with Crippen molar-refractivity contribution < 1.29 is 4.74 Å². The van der Waals surface area contributed by atoms with E-state index in [2.05, 4.69) is 26.8 Å². The van der Waals surface area contributed by atoms with Gasteiger partial charge in [0.1, 0.15) is 0 Å². The van der Waals surface area contributed by atoms with Crippen LogP contribution in [0.5, 0.6) is 0 Å². The van der Waals surface area contributed by atoms with Gasteiger partial charge in [0.25, 0.3) is 0 Å². The summed E-state index contributed by atoms with van der Waals surface area (Å²) in [4.78, 5) is 0. The zero-order valence-electron chi connectivity index (χ0n) is 18.2. The summed E-state index contributed by atoms with van der Waals surface area (Å²) in [5, 5.41) is 0. The van der Waals surface area contributed by atoms with Crippen LogP contribution in [0.1, 0.15) is 104 Å². The van der Waals surface area contributed by atoms with Crippen molar-refractivity contribution in [2.75, 3.05) is 6.61 Å². The first-order valence-corrected chi connectivity index (χ1v) is 12.4. The van der Waals surface area contributed by atoms with E-state index in [1.165, 1.54) is 83.5 Å². The van der Waals surface area contributed by atoms with E-state index in [1.807, 2.05) is 5.57 Å². The van der Waals surface area contributed by atoms with Gasteiger partial charge in [-0.3, -0.25) is 0 Å². The third kappa shape index (κ3) is 2.59. The van der Waals surface area contributed by atoms with Gasteiger partial charge in [0.15, 0.2) is 0 Å². The molecule has 0 aromatic heterocycles. The molecule has 0 amide bonds. The van der Waals surface area contributed by atoms with Gasteiger partial charge in [-0.15, -0.1) is 0 Å². The second-order valence-corrected chi connectivity index (χ2v) is 11.5. The van der Waals surface area contributed by atoms with E-state index in [9.17, 15) is 0 Å². The Kier molecular flexibility index (Phi) is 4.58. The Morgan fingerprint density at radius 2 is 1.89 bits per heavy atom. The van der Waals surface area contributed by atoms with E-state index in [0.717, 1.165) is 30.3 Å². The maximum absolute atomic E-state index is 6.52. The number of rotatable bonds is 3. The fourth-order valence-corrected chi connectivity index (χ4v) is 8.91. The van der Waals surface area contributed by atoms with Crippen molar-refractivity contribution >= 4 is 0 Å². The fourth-order valence-electron chi connectivity index (χ4n) is 8.91. The highest BCUT2D eigenvalue weighted by Crippen LogP contribution is 2.69. The molecule has 0 radical (unpaired) electrons. The van der Waals surface area contributed by atoms with E-state index in [-0.39, 0.29) is 5.60 Å². The molecule has 5 aliphatic rings. The molecular formula is C26H42O. The molecule has 0 aromatic rings. The minimum absolute atomic E-state index is 0.255. The standard InChI is InChI=1S/C26H42O/c1-4-5-7-19-10-14-24(2)20(18-19)8-9-21-22(24)11-15-25(3)23(21)12-16-26(25)13-6-17-27-26/h8,19,21-23H,4-7,9-18H2,1-3H3/t19?,21?,22-,23-,24?,25?,26?/m0/s1. The van der Waals surface area contributed by atoms with Crippen molar-refractivity contribution in [1.82, 2.24) is 0 Å². The average molecular weight is 371 g/mol. The topological polar surface area (TPSA) is 9.23 Å². The molecule has 1 aliphatic heterocycles. The second-order valence-electron chi connectivity index (χ2n) is 11.5. The van der Waals surface area contributed by atoms with E-state index < -0.39 is 0 Å². The predicted molar refractivity (Wildman–Crippen MR) is 113 cm³/mol. The summed E-state index contributed by atoms with van der Waals surface area (Å²) in [5.74, 6) is 3.80. The van der Waals surface area contributed by atoms with Crippen LogP contribution in [-0.2, 0) is 4.74 Å². The van der Waals surface area contributed by atoms with Gasteiger partial charge in [-0.2, -0.15) is 0 Å². The van der Waals surface area contributed by atoms with Crippen LogP contribution >= 0.6 is 0 Å². The maximum Gasteiger partial charge on any atom is 0.0739 e. The Labute approximate surface area is 167 Å². The zero-order valence-corrected chi connectivity index (χ0v) is 18.2. The Balaban J connectivity index is 1.39. The van der Waals surface area contributed by atoms with Gasteiger partial charge >= 0.3 is 0 Å². The lowest BCUT2D eigenvalue weighted by Gasteiger charge is -2.59. The smallest absolute Gasteiger partial charge is 0.0739 e. The van der Waals surface area contributed by atoms with E-state index >= 15 is 0 Å². The first kappa shape index (κ1) is 18.7. The lowest BCUT2D eigenvalue weighted by Crippen LogP contribution is -2.54. The molecule has 1 heterocycles. The van der Waals surface area contributed by atoms with Crippen molar-refractivity contribution in [3.05, 3.63) is 11.6 Å². The molecule has 27 heavy (non-hydrogen) atoms. The Bertz CT molecular complexity index is 599. The summed E-state index contributed by atoms with van der Waals surface area (Å²) in [5.41, 5.74) is 3.12. The van der Waals surface area contributed by atoms with Crippen LogP contribution in [0.15, 0.2) is 11.6 Å². The van der Waals surface area contributed by atoms with Crippen LogP contribution in [0.25, 0.3) is 0 Å². The summed E-state index contributed by atoms with van der Waals surface area (Å²) in [6, 6.07) is 0. The van der Waals surface area contributed by atoms with Crippen LogP contribution < -0.4 is 0 Å². The fraction of sp³-hybridized carbons (Fsp3) is 0.923. The van der Waals surface area contributed by atoms with Crippen molar-refractivity contribution in [2.24, 2.45) is 34.5 Å². The molecular weight excluding hydrogens is 328 g/mol. The number of hydrogen-bond acceptors (Lipinski definition) is 1. The monoisotopic (exact) mass is 370 g/mol. The molecule has 0 N–H and O–H groups in total. The van der Waals surface area contributed by atoms with Gasteiger partial charge in [-0.1, -0.05) is 51.7 Å². The van der Waals surface area contributed by atoms with E-state index in [4.69, 9.17) is 4.74 Å². The van der Waals surface area contributed by atoms with E-state index in [0.29, 0.717) is 10.8 Å².